The molecule has 0 heterocycles. The molecule has 3 heteroatoms. The maximum Gasteiger partial charge on any atom is 0.132 e. The van der Waals surface area contributed by atoms with Crippen LogP contribution in [0.3, 0.4) is 0 Å². The van der Waals surface area contributed by atoms with Crippen molar-refractivity contribution in [2.24, 2.45) is 0 Å². The van der Waals surface area contributed by atoms with E-state index in [1.54, 1.807) is 0 Å². The van der Waals surface area contributed by atoms with E-state index in [0.717, 1.165) is 12.8 Å². The maximum absolute atomic E-state index is 10.8. The molecule has 60 valence electrons. The van der Waals surface area contributed by atoms with E-state index in [0.29, 0.717) is 24.6 Å². The van der Waals surface area contributed by atoms with Gasteiger partial charge in [0.1, 0.15) is 5.78 Å². The third-order valence-electron chi connectivity index (χ3n) is 1.18. The van der Waals surface area contributed by atoms with E-state index in [4.69, 9.17) is 23.2 Å². The van der Waals surface area contributed by atoms with Crippen LogP contribution < -0.4 is 0 Å². The van der Waals surface area contributed by atoms with E-state index in [2.05, 4.69) is 0 Å². The fourth-order valence-electron chi connectivity index (χ4n) is 0.653. The molecule has 0 aliphatic rings. The van der Waals surface area contributed by atoms with Crippen molar-refractivity contribution in [1.82, 2.24) is 0 Å². The van der Waals surface area contributed by atoms with Crippen LogP contribution in [0.4, 0.5) is 0 Å². The lowest BCUT2D eigenvalue weighted by atomic mass is 10.1. The van der Waals surface area contributed by atoms with Crippen LogP contribution in [0, 0.1) is 0 Å². The van der Waals surface area contributed by atoms with E-state index in [-0.39, 0.29) is 5.78 Å². The third kappa shape index (κ3) is 6.37. The number of Topliss-reactive ketones (excluding diaryl/α,β-unsaturated/α-hetero) is 1. The van der Waals surface area contributed by atoms with Crippen molar-refractivity contribution < 1.29 is 4.79 Å². The highest BCUT2D eigenvalue weighted by molar-refractivity contribution is 6.18. The molecule has 0 saturated heterocycles. The Morgan fingerprint density at radius 1 is 1.00 bits per heavy atom. The molecule has 0 fully saturated rings. The lowest BCUT2D eigenvalue weighted by Gasteiger charge is -1.95. The fourth-order valence-corrected chi connectivity index (χ4v) is 0.920. The topological polar surface area (TPSA) is 17.1 Å². The number of rotatable bonds is 6. The van der Waals surface area contributed by atoms with Crippen molar-refractivity contribution in [3.8, 4) is 0 Å². The monoisotopic (exact) mass is 182 g/mol. The van der Waals surface area contributed by atoms with Gasteiger partial charge >= 0.3 is 0 Å². The molecule has 0 saturated carbocycles. The summed E-state index contributed by atoms with van der Waals surface area (Å²) in [5, 5.41) is 0. The largest absolute Gasteiger partial charge is 0.300 e. The molecule has 0 atom stereocenters. The van der Waals surface area contributed by atoms with Crippen LogP contribution in [0.1, 0.15) is 25.7 Å². The maximum atomic E-state index is 10.8. The molecule has 0 aliphatic carbocycles. The summed E-state index contributed by atoms with van der Waals surface area (Å²) < 4.78 is 0. The summed E-state index contributed by atoms with van der Waals surface area (Å²) in [5.41, 5.74) is 0. The second kappa shape index (κ2) is 7.36. The van der Waals surface area contributed by atoms with E-state index < -0.39 is 0 Å². The van der Waals surface area contributed by atoms with Crippen molar-refractivity contribution in [3.63, 3.8) is 0 Å². The highest BCUT2D eigenvalue weighted by Crippen LogP contribution is 2.00. The normalized spacial score (nSPS) is 9.80. The number of hydrogen-bond donors (Lipinski definition) is 0. The van der Waals surface area contributed by atoms with E-state index in [1.165, 1.54) is 0 Å². The number of alkyl halides is 2. The first-order valence-electron chi connectivity index (χ1n) is 3.45. The molecule has 0 N–H and O–H groups in total. The van der Waals surface area contributed by atoms with Gasteiger partial charge in [0.05, 0.1) is 0 Å². The highest BCUT2D eigenvalue weighted by atomic mass is 35.5. The van der Waals surface area contributed by atoms with Gasteiger partial charge in [0.25, 0.3) is 0 Å². The van der Waals surface area contributed by atoms with Crippen LogP contribution in [0.5, 0.6) is 0 Å². The minimum absolute atomic E-state index is 0.279. The second-order valence-electron chi connectivity index (χ2n) is 2.12. The van der Waals surface area contributed by atoms with Crippen LogP contribution in [0.2, 0.25) is 0 Å². The Labute approximate surface area is 71.7 Å². The number of halogens is 2. The molecule has 0 rings (SSSR count). The molecular formula is C7H12Cl2O. The summed E-state index contributed by atoms with van der Waals surface area (Å²) in [6.07, 6.45) is 2.81. The SMILES string of the molecule is O=C(CCCCl)CCCCl. The third-order valence-corrected chi connectivity index (χ3v) is 1.71. The van der Waals surface area contributed by atoms with Gasteiger partial charge < -0.3 is 0 Å². The molecule has 0 radical (unpaired) electrons. The Morgan fingerprint density at radius 2 is 1.40 bits per heavy atom. The lowest BCUT2D eigenvalue weighted by molar-refractivity contribution is -0.119. The zero-order valence-corrected chi connectivity index (χ0v) is 7.42. The van der Waals surface area contributed by atoms with Crippen LogP contribution in [0.15, 0.2) is 0 Å². The molecule has 1 nitrogen and oxygen atoms in total. The van der Waals surface area contributed by atoms with Crippen molar-refractivity contribution in [1.29, 1.82) is 0 Å². The predicted molar refractivity (Wildman–Crippen MR) is 44.9 cm³/mol. The van der Waals surface area contributed by atoms with Gasteiger partial charge in [-0.05, 0) is 12.8 Å². The summed E-state index contributed by atoms with van der Waals surface area (Å²) in [6.45, 7) is 0. The van der Waals surface area contributed by atoms with E-state index >= 15 is 0 Å². The Bertz CT molecular complexity index is 83.6. The second-order valence-corrected chi connectivity index (χ2v) is 2.88. The predicted octanol–water partition coefficient (Wildman–Crippen LogP) is 2.59. The molecule has 0 unspecified atom stereocenters. The summed E-state index contributed by atoms with van der Waals surface area (Å²) in [5.74, 6) is 1.43. The molecule has 0 spiro atoms. The minimum atomic E-state index is 0.279. The minimum Gasteiger partial charge on any atom is -0.300 e. The lowest BCUT2D eigenvalue weighted by Crippen LogP contribution is -1.97. The summed E-state index contributed by atoms with van der Waals surface area (Å²) in [4.78, 5) is 10.8. The van der Waals surface area contributed by atoms with Crippen molar-refractivity contribution in [2.45, 2.75) is 25.7 Å². The van der Waals surface area contributed by atoms with Crippen molar-refractivity contribution in [3.05, 3.63) is 0 Å². The number of carbonyl (C=O) groups is 1. The van der Waals surface area contributed by atoms with Crippen LogP contribution >= 0.6 is 23.2 Å². The number of hydrogen-bond acceptors (Lipinski definition) is 1. The van der Waals surface area contributed by atoms with Gasteiger partial charge in [0.15, 0.2) is 0 Å². The summed E-state index contributed by atoms with van der Waals surface area (Å²) in [7, 11) is 0. The fraction of sp³-hybridized carbons (Fsp3) is 0.857. The van der Waals surface area contributed by atoms with Crippen LogP contribution in [0.25, 0.3) is 0 Å². The molecule has 0 bridgehead atoms. The zero-order valence-electron chi connectivity index (χ0n) is 5.91. The molecule has 0 aliphatic heterocycles. The average molecular weight is 183 g/mol. The Balaban J connectivity index is 3.09. The van der Waals surface area contributed by atoms with Gasteiger partial charge in [-0.2, -0.15) is 0 Å². The number of carbonyl (C=O) groups excluding carboxylic acids is 1. The van der Waals surface area contributed by atoms with Crippen LogP contribution in [-0.4, -0.2) is 17.5 Å². The smallest absolute Gasteiger partial charge is 0.132 e. The van der Waals surface area contributed by atoms with Crippen LogP contribution in [-0.2, 0) is 4.79 Å². The van der Waals surface area contributed by atoms with E-state index in [1.807, 2.05) is 0 Å². The Hall–Kier alpha value is 0.250. The molecule has 0 aromatic heterocycles. The summed E-state index contributed by atoms with van der Waals surface area (Å²) in [6, 6.07) is 0. The zero-order chi connectivity index (χ0) is 7.82. The van der Waals surface area contributed by atoms with Gasteiger partial charge in [0, 0.05) is 24.6 Å². The first-order valence-corrected chi connectivity index (χ1v) is 4.51. The van der Waals surface area contributed by atoms with Gasteiger partial charge in [-0.3, -0.25) is 4.79 Å². The average Bonchev–Trinajstić information content (AvgIpc) is 1.97. The van der Waals surface area contributed by atoms with Crippen molar-refractivity contribution >= 4 is 29.0 Å². The molecular weight excluding hydrogens is 171 g/mol. The van der Waals surface area contributed by atoms with Gasteiger partial charge in [-0.15, -0.1) is 23.2 Å². The first kappa shape index (κ1) is 10.2. The Morgan fingerprint density at radius 3 is 1.70 bits per heavy atom. The summed E-state index contributed by atoms with van der Waals surface area (Å²) >= 11 is 10.8. The molecule has 0 aromatic rings. The van der Waals surface area contributed by atoms with Crippen molar-refractivity contribution in [2.75, 3.05) is 11.8 Å². The quantitative estimate of drug-likeness (QED) is 0.578. The standard InChI is InChI=1S/C7H12Cl2O/c8-5-1-3-7(10)4-2-6-9/h1-6H2. The number of ketones is 1. The highest BCUT2D eigenvalue weighted by Gasteiger charge is 1.99. The van der Waals surface area contributed by atoms with Gasteiger partial charge in [0.2, 0.25) is 0 Å². The van der Waals surface area contributed by atoms with Gasteiger partial charge in [-0.1, -0.05) is 0 Å². The first-order chi connectivity index (χ1) is 4.81. The molecule has 10 heavy (non-hydrogen) atoms. The molecule has 0 aromatic carbocycles. The Kier molecular flexibility index (Phi) is 7.54. The van der Waals surface area contributed by atoms with E-state index in [9.17, 15) is 4.79 Å². The van der Waals surface area contributed by atoms with Gasteiger partial charge in [-0.25, -0.2) is 0 Å². The molecule has 0 amide bonds.